The van der Waals surface area contributed by atoms with Crippen molar-refractivity contribution in [3.05, 3.63) is 74.6 Å². The Morgan fingerprint density at radius 3 is 2.21 bits per heavy atom. The number of aryl methyl sites for hydroxylation is 1. The van der Waals surface area contributed by atoms with Crippen LogP contribution < -0.4 is 10.6 Å². The molecule has 6 nitrogen and oxygen atoms in total. The number of carbonyl (C=O) groups excluding carboxylic acids is 2. The minimum Gasteiger partial charge on any atom is -0.346 e. The lowest BCUT2D eigenvalue weighted by Gasteiger charge is -2.17. The topological polar surface area (TPSA) is 92.3 Å². The van der Waals surface area contributed by atoms with E-state index in [-0.39, 0.29) is 18.0 Å². The van der Waals surface area contributed by atoms with Gasteiger partial charge in [-0.2, -0.15) is 0 Å². The summed E-state index contributed by atoms with van der Waals surface area (Å²) < 4.78 is 26.3. The van der Waals surface area contributed by atoms with Crippen molar-refractivity contribution in [1.82, 2.24) is 10.6 Å². The SMILES string of the molecule is Cc1ccc(S(=O)(=O)[C@@H](CNC(=O)C(=O)NCc2cccs2)c2cccs2)cc1. The van der Waals surface area contributed by atoms with E-state index in [1.54, 1.807) is 41.8 Å². The Bertz CT molecular complexity index is 1060. The van der Waals surface area contributed by atoms with E-state index < -0.39 is 26.9 Å². The number of benzene rings is 1. The number of nitrogens with one attached hydrogen (secondary N) is 2. The molecule has 0 spiro atoms. The van der Waals surface area contributed by atoms with Crippen molar-refractivity contribution in [3.8, 4) is 0 Å². The molecule has 0 saturated carbocycles. The smallest absolute Gasteiger partial charge is 0.309 e. The Hall–Kier alpha value is -2.49. The zero-order chi connectivity index (χ0) is 20.9. The monoisotopic (exact) mass is 448 g/mol. The molecule has 0 unspecified atom stereocenters. The normalized spacial score (nSPS) is 12.3. The van der Waals surface area contributed by atoms with Gasteiger partial charge in [0.05, 0.1) is 11.4 Å². The maximum absolute atomic E-state index is 13.2. The van der Waals surface area contributed by atoms with Gasteiger partial charge in [0.25, 0.3) is 0 Å². The molecule has 3 rings (SSSR count). The molecule has 0 saturated heterocycles. The van der Waals surface area contributed by atoms with Gasteiger partial charge in [-0.3, -0.25) is 9.59 Å². The van der Waals surface area contributed by atoms with Crippen LogP contribution in [0, 0.1) is 6.92 Å². The van der Waals surface area contributed by atoms with Gasteiger partial charge in [0.1, 0.15) is 5.25 Å². The predicted molar refractivity (Wildman–Crippen MR) is 115 cm³/mol. The fourth-order valence-corrected chi connectivity index (χ4v) is 6.09. The lowest BCUT2D eigenvalue weighted by atomic mass is 10.2. The second kappa shape index (κ2) is 9.34. The van der Waals surface area contributed by atoms with Crippen molar-refractivity contribution in [3.63, 3.8) is 0 Å². The lowest BCUT2D eigenvalue weighted by Crippen LogP contribution is -2.41. The van der Waals surface area contributed by atoms with Crippen LogP contribution in [0.25, 0.3) is 0 Å². The van der Waals surface area contributed by atoms with Crippen LogP contribution in [-0.2, 0) is 26.0 Å². The molecule has 2 amide bonds. The fraction of sp³-hybridized carbons (Fsp3) is 0.200. The number of carbonyl (C=O) groups is 2. The molecular weight excluding hydrogens is 428 g/mol. The van der Waals surface area contributed by atoms with Crippen LogP contribution in [0.1, 0.15) is 20.6 Å². The number of sulfone groups is 1. The number of thiophene rings is 2. The quantitative estimate of drug-likeness (QED) is 0.544. The highest BCUT2D eigenvalue weighted by Crippen LogP contribution is 2.31. The van der Waals surface area contributed by atoms with Crippen LogP contribution in [0.5, 0.6) is 0 Å². The van der Waals surface area contributed by atoms with Crippen LogP contribution in [0.2, 0.25) is 0 Å². The summed E-state index contributed by atoms with van der Waals surface area (Å²) in [6.07, 6.45) is 0. The van der Waals surface area contributed by atoms with Crippen molar-refractivity contribution in [2.24, 2.45) is 0 Å². The van der Waals surface area contributed by atoms with E-state index in [1.165, 1.54) is 22.7 Å². The number of rotatable bonds is 7. The van der Waals surface area contributed by atoms with Gasteiger partial charge in [0.15, 0.2) is 9.84 Å². The highest BCUT2D eigenvalue weighted by Gasteiger charge is 2.31. The first-order valence-electron chi connectivity index (χ1n) is 8.80. The zero-order valence-corrected chi connectivity index (χ0v) is 18.1. The maximum atomic E-state index is 13.2. The highest BCUT2D eigenvalue weighted by atomic mass is 32.2. The summed E-state index contributed by atoms with van der Waals surface area (Å²) in [5, 5.41) is 7.69. The third-order valence-electron chi connectivity index (χ3n) is 4.24. The molecule has 0 aliphatic rings. The molecule has 0 radical (unpaired) electrons. The van der Waals surface area contributed by atoms with Crippen molar-refractivity contribution >= 4 is 44.3 Å². The Balaban J connectivity index is 1.70. The first-order valence-corrected chi connectivity index (χ1v) is 12.1. The van der Waals surface area contributed by atoms with Gasteiger partial charge >= 0.3 is 11.8 Å². The molecule has 0 bridgehead atoms. The Morgan fingerprint density at radius 2 is 1.59 bits per heavy atom. The maximum Gasteiger partial charge on any atom is 0.309 e. The molecular formula is C20H20N2O4S3. The van der Waals surface area contributed by atoms with Gasteiger partial charge < -0.3 is 10.6 Å². The second-order valence-electron chi connectivity index (χ2n) is 6.33. The Kier molecular flexibility index (Phi) is 6.83. The van der Waals surface area contributed by atoms with Crippen molar-refractivity contribution < 1.29 is 18.0 Å². The number of hydrogen-bond donors (Lipinski definition) is 2. The summed E-state index contributed by atoms with van der Waals surface area (Å²) in [4.78, 5) is 25.9. The summed E-state index contributed by atoms with van der Waals surface area (Å²) >= 11 is 2.77. The molecule has 0 fully saturated rings. The van der Waals surface area contributed by atoms with Gasteiger partial charge in [-0.05, 0) is 41.9 Å². The number of amides is 2. The van der Waals surface area contributed by atoms with Gasteiger partial charge in [0, 0.05) is 16.3 Å². The minimum absolute atomic E-state index is 0.179. The standard InChI is InChI=1S/C20H20N2O4S3/c1-14-6-8-16(9-7-14)29(25,26)18(17-5-3-11-28-17)13-22-20(24)19(23)21-12-15-4-2-10-27-15/h2-11,18H,12-13H2,1H3,(H,21,23)(H,22,24)/t18-/m0/s1. The van der Waals surface area contributed by atoms with Gasteiger partial charge in [-0.25, -0.2) is 8.42 Å². The molecule has 2 N–H and O–H groups in total. The lowest BCUT2D eigenvalue weighted by molar-refractivity contribution is -0.139. The second-order valence-corrected chi connectivity index (χ2v) is 10.5. The summed E-state index contributed by atoms with van der Waals surface area (Å²) in [5.41, 5.74) is 0.951. The molecule has 1 atom stereocenters. The van der Waals surface area contributed by atoms with Gasteiger partial charge in [-0.1, -0.05) is 29.8 Å². The first-order chi connectivity index (χ1) is 13.9. The molecule has 1 aromatic carbocycles. The van der Waals surface area contributed by atoms with Crippen LogP contribution >= 0.6 is 22.7 Å². The highest BCUT2D eigenvalue weighted by molar-refractivity contribution is 7.91. The largest absolute Gasteiger partial charge is 0.346 e. The van der Waals surface area contributed by atoms with E-state index in [9.17, 15) is 18.0 Å². The van der Waals surface area contributed by atoms with E-state index in [2.05, 4.69) is 10.6 Å². The zero-order valence-electron chi connectivity index (χ0n) is 15.6. The van der Waals surface area contributed by atoms with E-state index in [0.717, 1.165) is 10.4 Å². The van der Waals surface area contributed by atoms with Crippen molar-refractivity contribution in [2.75, 3.05) is 6.54 Å². The average molecular weight is 449 g/mol. The van der Waals surface area contributed by atoms with E-state index >= 15 is 0 Å². The van der Waals surface area contributed by atoms with Crippen molar-refractivity contribution in [1.29, 1.82) is 0 Å². The van der Waals surface area contributed by atoms with E-state index in [0.29, 0.717) is 4.88 Å². The average Bonchev–Trinajstić information content (AvgIpc) is 3.40. The van der Waals surface area contributed by atoms with Gasteiger partial charge in [0.2, 0.25) is 0 Å². The van der Waals surface area contributed by atoms with E-state index in [4.69, 9.17) is 0 Å². The Labute approximate surface area is 177 Å². The predicted octanol–water partition coefficient (Wildman–Crippen LogP) is 3.07. The van der Waals surface area contributed by atoms with Crippen molar-refractivity contribution in [2.45, 2.75) is 23.6 Å². The Morgan fingerprint density at radius 1 is 0.931 bits per heavy atom. The van der Waals surface area contributed by atoms with Crippen LogP contribution in [-0.4, -0.2) is 26.8 Å². The van der Waals surface area contributed by atoms with Gasteiger partial charge in [-0.15, -0.1) is 22.7 Å². The molecule has 29 heavy (non-hydrogen) atoms. The van der Waals surface area contributed by atoms with Crippen LogP contribution in [0.3, 0.4) is 0 Å². The fourth-order valence-electron chi connectivity index (χ4n) is 2.66. The molecule has 0 aliphatic heterocycles. The summed E-state index contributed by atoms with van der Waals surface area (Å²) in [6.45, 7) is 1.93. The molecule has 2 heterocycles. The molecule has 152 valence electrons. The summed E-state index contributed by atoms with van der Waals surface area (Å²) in [5.74, 6) is -1.65. The minimum atomic E-state index is -3.74. The third-order valence-corrected chi connectivity index (χ3v) is 8.35. The number of hydrogen-bond acceptors (Lipinski definition) is 6. The van der Waals surface area contributed by atoms with Crippen LogP contribution in [0.15, 0.2) is 64.2 Å². The molecule has 2 aromatic heterocycles. The summed E-state index contributed by atoms with van der Waals surface area (Å²) in [7, 11) is -3.74. The molecule has 9 heteroatoms. The first kappa shape index (κ1) is 21.2. The third kappa shape index (κ3) is 5.31. The van der Waals surface area contributed by atoms with Crippen LogP contribution in [0.4, 0.5) is 0 Å². The molecule has 3 aromatic rings. The molecule has 0 aliphatic carbocycles. The van der Waals surface area contributed by atoms with E-state index in [1.807, 2.05) is 24.4 Å². The summed E-state index contributed by atoms with van der Waals surface area (Å²) in [6, 6.07) is 13.8.